The van der Waals surface area contributed by atoms with E-state index in [1.807, 2.05) is 6.07 Å². The molecule has 0 bridgehead atoms. The fraction of sp³-hybridized carbons (Fsp3) is 0.571. The van der Waals surface area contributed by atoms with Gasteiger partial charge in [-0.15, -0.1) is 0 Å². The third kappa shape index (κ3) is 6.52. The number of nitro groups is 1. The number of ether oxygens (including phenoxy) is 3. The van der Waals surface area contributed by atoms with E-state index < -0.39 is 4.92 Å². The summed E-state index contributed by atoms with van der Waals surface area (Å²) >= 11 is 0. The van der Waals surface area contributed by atoms with E-state index in [1.165, 1.54) is 6.07 Å². The van der Waals surface area contributed by atoms with E-state index in [1.54, 1.807) is 20.3 Å². The summed E-state index contributed by atoms with van der Waals surface area (Å²) < 4.78 is 15.3. The molecule has 0 aromatic heterocycles. The van der Waals surface area contributed by atoms with Crippen molar-refractivity contribution in [3.63, 3.8) is 0 Å². The van der Waals surface area contributed by atoms with E-state index in [9.17, 15) is 10.1 Å². The van der Waals surface area contributed by atoms with Crippen LogP contribution in [0.15, 0.2) is 18.2 Å². The average molecular weight is 298 g/mol. The minimum atomic E-state index is -0.426. The highest BCUT2D eigenvalue weighted by Gasteiger charge is 2.15. The number of nitro benzene ring substituents is 1. The number of benzene rings is 1. The third-order valence-electron chi connectivity index (χ3n) is 2.78. The van der Waals surface area contributed by atoms with Crippen molar-refractivity contribution < 1.29 is 19.1 Å². The summed E-state index contributed by atoms with van der Waals surface area (Å²) in [5.41, 5.74) is 0.820. The van der Waals surface area contributed by atoms with Crippen molar-refractivity contribution in [2.24, 2.45) is 0 Å². The lowest BCUT2D eigenvalue weighted by Gasteiger charge is -2.09. The molecule has 0 aliphatic heterocycles. The van der Waals surface area contributed by atoms with E-state index in [0.717, 1.165) is 5.56 Å². The predicted molar refractivity (Wildman–Crippen MR) is 78.7 cm³/mol. The number of hydrogen-bond acceptors (Lipinski definition) is 6. The Morgan fingerprint density at radius 3 is 2.62 bits per heavy atom. The smallest absolute Gasteiger partial charge is 0.311 e. The number of rotatable bonds is 11. The molecule has 1 rings (SSSR count). The van der Waals surface area contributed by atoms with Gasteiger partial charge >= 0.3 is 5.69 Å². The van der Waals surface area contributed by atoms with Crippen LogP contribution >= 0.6 is 0 Å². The Bertz CT molecular complexity index is 439. The van der Waals surface area contributed by atoms with Gasteiger partial charge in [0.25, 0.3) is 0 Å². The molecule has 0 heterocycles. The van der Waals surface area contributed by atoms with E-state index in [4.69, 9.17) is 14.2 Å². The Labute approximate surface area is 124 Å². The van der Waals surface area contributed by atoms with Crippen molar-refractivity contribution in [1.29, 1.82) is 0 Å². The van der Waals surface area contributed by atoms with Crippen molar-refractivity contribution in [2.45, 2.75) is 13.0 Å². The fourth-order valence-electron chi connectivity index (χ4n) is 1.73. The second-order valence-electron chi connectivity index (χ2n) is 4.42. The molecule has 1 N–H and O–H groups in total. The lowest BCUT2D eigenvalue weighted by molar-refractivity contribution is -0.385. The van der Waals surface area contributed by atoms with Crippen molar-refractivity contribution in [3.05, 3.63) is 33.9 Å². The summed E-state index contributed by atoms with van der Waals surface area (Å²) in [6, 6.07) is 4.99. The van der Waals surface area contributed by atoms with Crippen LogP contribution in [0, 0.1) is 10.1 Å². The van der Waals surface area contributed by atoms with Gasteiger partial charge in [0.2, 0.25) is 0 Å². The van der Waals surface area contributed by atoms with Gasteiger partial charge in [-0.25, -0.2) is 0 Å². The molecule has 0 unspecified atom stereocenters. The monoisotopic (exact) mass is 298 g/mol. The quantitative estimate of drug-likeness (QED) is 0.381. The number of nitrogens with zero attached hydrogens (tertiary/aromatic N) is 1. The molecule has 7 nitrogen and oxygen atoms in total. The molecule has 118 valence electrons. The van der Waals surface area contributed by atoms with Crippen LogP contribution in [0.2, 0.25) is 0 Å². The van der Waals surface area contributed by atoms with Crippen LogP contribution in [0.25, 0.3) is 0 Å². The van der Waals surface area contributed by atoms with Crippen molar-refractivity contribution >= 4 is 5.69 Å². The Kier molecular flexibility index (Phi) is 8.34. The van der Waals surface area contributed by atoms with E-state index in [0.29, 0.717) is 39.3 Å². The van der Waals surface area contributed by atoms with Gasteiger partial charge < -0.3 is 19.5 Å². The summed E-state index contributed by atoms with van der Waals surface area (Å²) in [7, 11) is 3.23. The van der Waals surface area contributed by atoms with Crippen LogP contribution in [-0.2, 0) is 16.0 Å². The van der Waals surface area contributed by atoms with Crippen LogP contribution in [0.4, 0.5) is 5.69 Å². The summed E-state index contributed by atoms with van der Waals surface area (Å²) in [5.74, 6) is 0.289. The first-order valence-electron chi connectivity index (χ1n) is 6.77. The predicted octanol–water partition coefficient (Wildman–Crippen LogP) is 1.75. The van der Waals surface area contributed by atoms with E-state index in [2.05, 4.69) is 5.32 Å². The molecule has 21 heavy (non-hydrogen) atoms. The standard InChI is InChI=1S/C14H22N2O5/c1-19-7-3-8-21-14-5-4-12(10-13(14)16(17)18)11-15-6-9-20-2/h4-5,10,15H,3,6-9,11H2,1-2H3. The fourth-order valence-corrected chi connectivity index (χ4v) is 1.73. The molecule has 0 spiro atoms. The maximum absolute atomic E-state index is 11.1. The highest BCUT2D eigenvalue weighted by molar-refractivity contribution is 5.48. The van der Waals surface area contributed by atoms with Gasteiger partial charge in [0, 0.05) is 46.4 Å². The molecule has 1 aromatic rings. The Balaban J connectivity index is 2.61. The van der Waals surface area contributed by atoms with Crippen LogP contribution in [0.5, 0.6) is 5.75 Å². The molecule has 0 aliphatic rings. The first-order chi connectivity index (χ1) is 10.2. The maximum Gasteiger partial charge on any atom is 0.311 e. The Morgan fingerprint density at radius 1 is 1.19 bits per heavy atom. The summed E-state index contributed by atoms with van der Waals surface area (Å²) in [4.78, 5) is 10.7. The zero-order chi connectivity index (χ0) is 15.5. The van der Waals surface area contributed by atoms with Crippen LogP contribution in [-0.4, -0.2) is 45.5 Å². The molecular formula is C14H22N2O5. The topological polar surface area (TPSA) is 82.9 Å². The van der Waals surface area contributed by atoms with Crippen molar-refractivity contribution in [3.8, 4) is 5.75 Å². The summed E-state index contributed by atoms with van der Waals surface area (Å²) in [5, 5.41) is 14.2. The highest BCUT2D eigenvalue weighted by Crippen LogP contribution is 2.28. The van der Waals surface area contributed by atoms with E-state index >= 15 is 0 Å². The molecular weight excluding hydrogens is 276 g/mol. The molecule has 1 aromatic carbocycles. The van der Waals surface area contributed by atoms with Crippen molar-refractivity contribution in [1.82, 2.24) is 5.32 Å². The van der Waals surface area contributed by atoms with Gasteiger partial charge in [-0.3, -0.25) is 10.1 Å². The summed E-state index contributed by atoms with van der Waals surface area (Å²) in [6.45, 7) is 2.80. The minimum absolute atomic E-state index is 0.0153. The zero-order valence-electron chi connectivity index (χ0n) is 12.5. The molecule has 0 fully saturated rings. The molecule has 0 amide bonds. The molecule has 0 saturated heterocycles. The average Bonchev–Trinajstić information content (AvgIpc) is 2.48. The molecule has 7 heteroatoms. The number of methoxy groups -OCH3 is 2. The second-order valence-corrected chi connectivity index (χ2v) is 4.42. The largest absolute Gasteiger partial charge is 0.487 e. The lowest BCUT2D eigenvalue weighted by Crippen LogP contribution is -2.18. The van der Waals surface area contributed by atoms with Gasteiger partial charge in [-0.1, -0.05) is 6.07 Å². The van der Waals surface area contributed by atoms with Gasteiger partial charge in [0.1, 0.15) is 0 Å². The minimum Gasteiger partial charge on any atom is -0.487 e. The van der Waals surface area contributed by atoms with Gasteiger partial charge in [0.05, 0.1) is 18.1 Å². The van der Waals surface area contributed by atoms with Gasteiger partial charge in [-0.05, 0) is 11.6 Å². The number of hydrogen-bond donors (Lipinski definition) is 1. The Morgan fingerprint density at radius 2 is 1.95 bits per heavy atom. The maximum atomic E-state index is 11.1. The van der Waals surface area contributed by atoms with Crippen LogP contribution in [0.1, 0.15) is 12.0 Å². The Hall–Kier alpha value is -1.70. The SMILES string of the molecule is COCCCOc1ccc(CNCCOC)cc1[N+](=O)[O-]. The van der Waals surface area contributed by atoms with Gasteiger partial charge in [0.15, 0.2) is 5.75 Å². The molecule has 0 atom stereocenters. The first kappa shape index (κ1) is 17.4. The first-order valence-corrected chi connectivity index (χ1v) is 6.77. The third-order valence-corrected chi connectivity index (χ3v) is 2.78. The molecule has 0 saturated carbocycles. The van der Waals surface area contributed by atoms with Crippen LogP contribution in [0.3, 0.4) is 0 Å². The summed E-state index contributed by atoms with van der Waals surface area (Å²) in [6.07, 6.45) is 0.688. The molecule has 0 radical (unpaired) electrons. The van der Waals surface area contributed by atoms with E-state index in [-0.39, 0.29) is 11.4 Å². The molecule has 0 aliphatic carbocycles. The zero-order valence-corrected chi connectivity index (χ0v) is 12.5. The second kappa shape index (κ2) is 10.1. The van der Waals surface area contributed by atoms with Gasteiger partial charge in [-0.2, -0.15) is 0 Å². The number of nitrogens with one attached hydrogen (secondary N) is 1. The normalized spacial score (nSPS) is 10.6. The lowest BCUT2D eigenvalue weighted by atomic mass is 10.2. The van der Waals surface area contributed by atoms with Crippen molar-refractivity contribution in [2.75, 3.05) is 40.6 Å². The van der Waals surface area contributed by atoms with Crippen LogP contribution < -0.4 is 10.1 Å². The highest BCUT2D eigenvalue weighted by atomic mass is 16.6.